The maximum atomic E-state index is 12.5. The number of hydrogen-bond acceptors (Lipinski definition) is 3. The molecule has 1 heterocycles. The topological polar surface area (TPSA) is 56.1 Å². The van der Waals surface area contributed by atoms with E-state index in [0.29, 0.717) is 10.4 Å². The molecule has 0 bridgehead atoms. The van der Waals surface area contributed by atoms with Gasteiger partial charge in [0.2, 0.25) is 0 Å². The van der Waals surface area contributed by atoms with Crippen molar-refractivity contribution in [1.82, 2.24) is 15.1 Å². The number of hydrogen-bond donors (Lipinski definition) is 1. The van der Waals surface area contributed by atoms with Gasteiger partial charge in [0.15, 0.2) is 0 Å². The van der Waals surface area contributed by atoms with E-state index in [1.54, 1.807) is 20.8 Å². The third-order valence-corrected chi connectivity index (χ3v) is 2.49. The first-order chi connectivity index (χ1) is 9.10. The van der Waals surface area contributed by atoms with Gasteiger partial charge in [0.05, 0.1) is 11.7 Å². The molecule has 5 nitrogen and oxygen atoms in total. The summed E-state index contributed by atoms with van der Waals surface area (Å²) in [5, 5.41) is 6.44. The lowest BCUT2D eigenvalue weighted by Crippen LogP contribution is -2.37. The van der Waals surface area contributed by atoms with Crippen molar-refractivity contribution in [1.29, 1.82) is 0 Å². The molecule has 7 heteroatoms. The first kappa shape index (κ1) is 16.4. The zero-order valence-electron chi connectivity index (χ0n) is 12.4. The molecule has 0 aliphatic rings. The molecule has 0 aromatic carbocycles. The lowest BCUT2D eigenvalue weighted by molar-refractivity contribution is 0.0481. The van der Waals surface area contributed by atoms with Crippen LogP contribution in [0, 0.1) is 5.92 Å². The van der Waals surface area contributed by atoms with Gasteiger partial charge >= 0.3 is 12.6 Å². The summed E-state index contributed by atoms with van der Waals surface area (Å²) in [5.41, 5.74) is -0.236. The normalized spacial score (nSPS) is 13.7. The molecule has 1 unspecified atom stereocenters. The number of alkyl carbamates (subject to hydrolysis) is 1. The number of rotatable bonds is 4. The second kappa shape index (κ2) is 6.19. The second-order valence-electron chi connectivity index (χ2n) is 5.87. The molecule has 0 aliphatic heterocycles. The van der Waals surface area contributed by atoms with Crippen molar-refractivity contribution in [3.63, 3.8) is 0 Å². The predicted molar refractivity (Wildman–Crippen MR) is 70.4 cm³/mol. The van der Waals surface area contributed by atoms with Crippen LogP contribution in [0.25, 0.3) is 0 Å². The lowest BCUT2D eigenvalue weighted by Gasteiger charge is -2.24. The molecule has 1 N–H and O–H groups in total. The zero-order valence-corrected chi connectivity index (χ0v) is 12.4. The van der Waals surface area contributed by atoms with E-state index in [1.165, 1.54) is 12.3 Å². The van der Waals surface area contributed by atoms with E-state index >= 15 is 0 Å². The number of nitrogens with zero attached hydrogens (tertiary/aromatic N) is 2. The molecule has 1 aromatic rings. The highest BCUT2D eigenvalue weighted by Crippen LogP contribution is 2.22. The molecular weight excluding hydrogens is 268 g/mol. The highest BCUT2D eigenvalue weighted by molar-refractivity contribution is 5.68. The van der Waals surface area contributed by atoms with Crippen LogP contribution in [-0.2, 0) is 4.74 Å². The average Bonchev–Trinajstić information content (AvgIpc) is 2.71. The fourth-order valence-electron chi connectivity index (χ4n) is 1.64. The van der Waals surface area contributed by atoms with Crippen LogP contribution in [0.1, 0.15) is 52.9 Å². The Bertz CT molecular complexity index is 453. The molecule has 1 atom stereocenters. The van der Waals surface area contributed by atoms with Crippen molar-refractivity contribution in [2.75, 3.05) is 0 Å². The van der Waals surface area contributed by atoms with Crippen molar-refractivity contribution >= 4 is 6.09 Å². The summed E-state index contributed by atoms with van der Waals surface area (Å²) in [6, 6.07) is 0.985. The van der Waals surface area contributed by atoms with Gasteiger partial charge in [-0.15, -0.1) is 0 Å². The first-order valence-corrected chi connectivity index (χ1v) is 6.43. The van der Waals surface area contributed by atoms with Crippen LogP contribution in [-0.4, -0.2) is 21.5 Å². The van der Waals surface area contributed by atoms with Crippen LogP contribution in [0.3, 0.4) is 0 Å². The molecule has 0 saturated heterocycles. The van der Waals surface area contributed by atoms with E-state index in [0.717, 1.165) is 0 Å². The van der Waals surface area contributed by atoms with Gasteiger partial charge in [-0.3, -0.25) is 0 Å². The molecule has 114 valence electrons. The van der Waals surface area contributed by atoms with Gasteiger partial charge in [0.1, 0.15) is 5.60 Å². The van der Waals surface area contributed by atoms with Gasteiger partial charge in [-0.25, -0.2) is 9.48 Å². The van der Waals surface area contributed by atoms with Crippen LogP contribution in [0.5, 0.6) is 0 Å². The third kappa shape index (κ3) is 4.79. The maximum absolute atomic E-state index is 12.5. The van der Waals surface area contributed by atoms with Gasteiger partial charge < -0.3 is 10.1 Å². The van der Waals surface area contributed by atoms with E-state index in [9.17, 15) is 13.6 Å². The number of carbonyl (C=O) groups excluding carboxylic acids is 1. The Labute approximate surface area is 117 Å². The number of aromatic nitrogens is 2. The molecule has 0 fully saturated rings. The van der Waals surface area contributed by atoms with Gasteiger partial charge in [0, 0.05) is 6.20 Å². The highest BCUT2D eigenvalue weighted by Gasteiger charge is 2.25. The number of ether oxygens (including phenoxy) is 1. The monoisotopic (exact) mass is 289 g/mol. The van der Waals surface area contributed by atoms with E-state index in [2.05, 4.69) is 10.4 Å². The summed E-state index contributed by atoms with van der Waals surface area (Å²) in [4.78, 5) is 11.8. The minimum Gasteiger partial charge on any atom is -0.444 e. The quantitative estimate of drug-likeness (QED) is 0.923. The van der Waals surface area contributed by atoms with Crippen LogP contribution in [0.4, 0.5) is 13.6 Å². The molecule has 0 radical (unpaired) electrons. The van der Waals surface area contributed by atoms with Crippen LogP contribution in [0.15, 0.2) is 12.3 Å². The summed E-state index contributed by atoms with van der Waals surface area (Å²) in [6.45, 7) is 6.29. The number of halogens is 2. The Morgan fingerprint density at radius 1 is 1.40 bits per heavy atom. The summed E-state index contributed by atoms with van der Waals surface area (Å²) < 4.78 is 30.8. The van der Waals surface area contributed by atoms with Crippen LogP contribution < -0.4 is 5.32 Å². The average molecular weight is 289 g/mol. The van der Waals surface area contributed by atoms with Crippen molar-refractivity contribution in [2.24, 2.45) is 5.92 Å². The predicted octanol–water partition coefficient (Wildman–Crippen LogP) is 3.50. The number of alkyl halides is 2. The van der Waals surface area contributed by atoms with Gasteiger partial charge in [0.25, 0.3) is 0 Å². The molecule has 1 rings (SSSR count). The minimum absolute atomic E-state index is 0.0106. The Kier molecular flexibility index (Phi) is 5.08. The highest BCUT2D eigenvalue weighted by atomic mass is 19.3. The Morgan fingerprint density at radius 3 is 2.40 bits per heavy atom. The second-order valence-corrected chi connectivity index (χ2v) is 5.87. The van der Waals surface area contributed by atoms with Crippen molar-refractivity contribution < 1.29 is 18.3 Å². The Balaban J connectivity index is 2.81. The molecule has 0 spiro atoms. The number of nitrogens with one attached hydrogen (secondary N) is 1. The lowest BCUT2D eigenvalue weighted by atomic mass is 10.0. The standard InChI is InChI=1S/C13H21F2N3O2/c1-8(2)10(16-12(19)20-13(3,4)5)9-6-7-18(17-9)11(14)15/h6-8,10-11H,1-5H3,(H,16,19). The molecule has 1 amide bonds. The molecule has 1 aromatic heterocycles. The van der Waals surface area contributed by atoms with E-state index in [4.69, 9.17) is 4.74 Å². The summed E-state index contributed by atoms with van der Waals surface area (Å²) >= 11 is 0. The summed E-state index contributed by atoms with van der Waals surface area (Å²) in [7, 11) is 0. The maximum Gasteiger partial charge on any atom is 0.408 e. The minimum atomic E-state index is -2.70. The fourth-order valence-corrected chi connectivity index (χ4v) is 1.64. The van der Waals surface area contributed by atoms with Crippen molar-refractivity contribution in [3.8, 4) is 0 Å². The van der Waals surface area contributed by atoms with Crippen LogP contribution in [0.2, 0.25) is 0 Å². The van der Waals surface area contributed by atoms with Crippen LogP contribution >= 0.6 is 0 Å². The summed E-state index contributed by atoms with van der Waals surface area (Å²) in [6.07, 6.45) is 0.592. The SMILES string of the molecule is CC(C)C(NC(=O)OC(C)(C)C)c1ccn(C(F)F)n1. The zero-order chi connectivity index (χ0) is 15.5. The molecule has 20 heavy (non-hydrogen) atoms. The van der Waals surface area contributed by atoms with Crippen molar-refractivity contribution in [2.45, 2.75) is 52.8 Å². The summed E-state index contributed by atoms with van der Waals surface area (Å²) in [5.74, 6) is -0.0106. The van der Waals surface area contributed by atoms with Crippen molar-refractivity contribution in [3.05, 3.63) is 18.0 Å². The third-order valence-electron chi connectivity index (χ3n) is 2.49. The first-order valence-electron chi connectivity index (χ1n) is 6.43. The van der Waals surface area contributed by atoms with E-state index in [1.807, 2.05) is 13.8 Å². The van der Waals surface area contributed by atoms with E-state index < -0.39 is 24.3 Å². The fraction of sp³-hybridized carbons (Fsp3) is 0.692. The van der Waals surface area contributed by atoms with Gasteiger partial charge in [-0.2, -0.15) is 13.9 Å². The smallest absolute Gasteiger partial charge is 0.408 e. The molecule has 0 aliphatic carbocycles. The van der Waals surface area contributed by atoms with Gasteiger partial charge in [-0.1, -0.05) is 13.8 Å². The largest absolute Gasteiger partial charge is 0.444 e. The number of amides is 1. The Morgan fingerprint density at radius 2 is 2.00 bits per heavy atom. The van der Waals surface area contributed by atoms with Gasteiger partial charge in [-0.05, 0) is 32.8 Å². The molecular formula is C13H21F2N3O2. The Hall–Kier alpha value is -1.66. The number of carbonyl (C=O) groups is 1. The van der Waals surface area contributed by atoms with E-state index in [-0.39, 0.29) is 5.92 Å². The molecule has 0 saturated carbocycles.